The Morgan fingerprint density at radius 1 is 1.22 bits per heavy atom. The van der Waals surface area contributed by atoms with Gasteiger partial charge in [0.25, 0.3) is 5.92 Å². The van der Waals surface area contributed by atoms with Crippen LogP contribution in [0.2, 0.25) is 0 Å². The van der Waals surface area contributed by atoms with Gasteiger partial charge in [-0.2, -0.15) is 0 Å². The van der Waals surface area contributed by atoms with Crippen LogP contribution in [0, 0.1) is 0 Å². The highest BCUT2D eigenvalue weighted by Crippen LogP contribution is 2.25. The van der Waals surface area contributed by atoms with E-state index in [1.165, 1.54) is 4.31 Å². The Morgan fingerprint density at radius 3 is 2.44 bits per heavy atom. The molecule has 2 aliphatic rings. The molecule has 0 bridgehead atoms. The number of amides is 1. The Bertz CT molecular complexity index is 770. The van der Waals surface area contributed by atoms with E-state index >= 15 is 0 Å². The number of benzene rings is 1. The van der Waals surface area contributed by atoms with Gasteiger partial charge in [0.1, 0.15) is 0 Å². The molecule has 0 aliphatic carbocycles. The van der Waals surface area contributed by atoms with Crippen molar-refractivity contribution in [3.8, 4) is 0 Å². The van der Waals surface area contributed by atoms with Crippen molar-refractivity contribution in [2.24, 2.45) is 0 Å². The van der Waals surface area contributed by atoms with Crippen LogP contribution in [-0.4, -0.2) is 50.2 Å². The van der Waals surface area contributed by atoms with E-state index in [0.717, 1.165) is 12.8 Å². The van der Waals surface area contributed by atoms with Crippen LogP contribution in [0.25, 0.3) is 0 Å². The average Bonchev–Trinajstić information content (AvgIpc) is 3.23. The maximum Gasteiger partial charge on any atom is 0.262 e. The molecule has 152 valence electrons. The highest BCUT2D eigenvalue weighted by atomic mass is 35.5. The molecule has 2 heterocycles. The summed E-state index contributed by atoms with van der Waals surface area (Å²) in [5.41, 5.74) is 1.29. The number of alkyl halides is 2. The van der Waals surface area contributed by atoms with E-state index < -0.39 is 40.9 Å². The second kappa shape index (κ2) is 8.81. The van der Waals surface area contributed by atoms with E-state index in [9.17, 15) is 22.0 Å². The minimum absolute atomic E-state index is 0. The molecule has 1 aromatic rings. The van der Waals surface area contributed by atoms with Crippen molar-refractivity contribution in [2.45, 2.75) is 43.5 Å². The van der Waals surface area contributed by atoms with E-state index in [1.54, 1.807) is 24.3 Å². The van der Waals surface area contributed by atoms with Gasteiger partial charge >= 0.3 is 0 Å². The van der Waals surface area contributed by atoms with Crippen molar-refractivity contribution >= 4 is 28.3 Å². The first kappa shape index (κ1) is 22.0. The van der Waals surface area contributed by atoms with Gasteiger partial charge in [0, 0.05) is 26.1 Å². The Balaban J connectivity index is 0.00000261. The zero-order valence-electron chi connectivity index (χ0n) is 14.8. The molecule has 1 atom stereocenters. The first-order valence-corrected chi connectivity index (χ1v) is 10.3. The van der Waals surface area contributed by atoms with E-state index in [1.807, 2.05) is 0 Å². The predicted octanol–water partition coefficient (Wildman–Crippen LogP) is 1.65. The van der Waals surface area contributed by atoms with Crippen LogP contribution in [0.4, 0.5) is 8.78 Å². The average molecular weight is 424 g/mol. The van der Waals surface area contributed by atoms with Gasteiger partial charge < -0.3 is 5.32 Å². The van der Waals surface area contributed by atoms with Gasteiger partial charge in [-0.05, 0) is 24.0 Å². The van der Waals surface area contributed by atoms with Gasteiger partial charge in [0.05, 0.1) is 18.3 Å². The van der Waals surface area contributed by atoms with Crippen molar-refractivity contribution in [1.29, 1.82) is 0 Å². The number of carbonyl (C=O) groups is 1. The molecular weight excluding hydrogens is 400 g/mol. The molecule has 2 saturated heterocycles. The van der Waals surface area contributed by atoms with Crippen LogP contribution in [0.3, 0.4) is 0 Å². The van der Waals surface area contributed by atoms with Crippen LogP contribution in [0.5, 0.6) is 0 Å². The smallest absolute Gasteiger partial charge is 0.262 e. The lowest BCUT2D eigenvalue weighted by molar-refractivity contribution is -0.123. The molecule has 0 aromatic heterocycles. The zero-order chi connectivity index (χ0) is 18.8. The monoisotopic (exact) mass is 423 g/mol. The maximum atomic E-state index is 13.2. The summed E-state index contributed by atoms with van der Waals surface area (Å²) in [6.07, 6.45) is 1.22. The summed E-state index contributed by atoms with van der Waals surface area (Å²) in [5.74, 6) is -3.50. The highest BCUT2D eigenvalue weighted by Gasteiger charge is 2.42. The van der Waals surface area contributed by atoms with E-state index in [4.69, 9.17) is 0 Å². The molecule has 27 heavy (non-hydrogen) atoms. The Hall–Kier alpha value is -1.29. The van der Waals surface area contributed by atoms with Gasteiger partial charge in [0.2, 0.25) is 15.9 Å². The van der Waals surface area contributed by atoms with Crippen molar-refractivity contribution in [2.75, 3.05) is 19.6 Å². The lowest BCUT2D eigenvalue weighted by atomic mass is 10.1. The van der Waals surface area contributed by atoms with Crippen LogP contribution >= 0.6 is 12.4 Å². The van der Waals surface area contributed by atoms with Gasteiger partial charge in [-0.1, -0.05) is 24.3 Å². The van der Waals surface area contributed by atoms with E-state index in [0.29, 0.717) is 24.2 Å². The SMILES string of the molecule is Cl.O=C(NCc1ccccc1CS(=O)(=O)N1CCCC1)C1CC(F)(F)CN1. The maximum absolute atomic E-state index is 13.2. The van der Waals surface area contributed by atoms with Gasteiger partial charge in [-0.3, -0.25) is 10.1 Å². The van der Waals surface area contributed by atoms with Crippen LogP contribution in [0.15, 0.2) is 24.3 Å². The normalized spacial score (nSPS) is 22.4. The van der Waals surface area contributed by atoms with E-state index in [-0.39, 0.29) is 24.7 Å². The van der Waals surface area contributed by atoms with Crippen LogP contribution < -0.4 is 10.6 Å². The summed E-state index contributed by atoms with van der Waals surface area (Å²) < 4.78 is 52.9. The number of carbonyl (C=O) groups excluding carboxylic acids is 1. The molecule has 1 aromatic carbocycles. The number of hydrogen-bond donors (Lipinski definition) is 2. The predicted molar refractivity (Wildman–Crippen MR) is 100 cm³/mol. The first-order chi connectivity index (χ1) is 12.3. The Kier molecular flexibility index (Phi) is 7.18. The molecule has 3 rings (SSSR count). The molecule has 2 fully saturated rings. The minimum Gasteiger partial charge on any atom is -0.351 e. The molecule has 0 radical (unpaired) electrons. The van der Waals surface area contributed by atoms with Crippen LogP contribution in [-0.2, 0) is 27.1 Å². The van der Waals surface area contributed by atoms with Crippen molar-refractivity contribution < 1.29 is 22.0 Å². The van der Waals surface area contributed by atoms with Gasteiger partial charge in [0.15, 0.2) is 0 Å². The second-order valence-corrected chi connectivity index (χ2v) is 8.81. The number of hydrogen-bond acceptors (Lipinski definition) is 4. The summed E-state index contributed by atoms with van der Waals surface area (Å²) in [6, 6.07) is 6.04. The van der Waals surface area contributed by atoms with E-state index in [2.05, 4.69) is 10.6 Å². The van der Waals surface area contributed by atoms with Gasteiger partial charge in [-0.25, -0.2) is 21.5 Å². The third-order valence-electron chi connectivity index (χ3n) is 4.79. The van der Waals surface area contributed by atoms with Crippen molar-refractivity contribution in [1.82, 2.24) is 14.9 Å². The Labute approximate surface area is 164 Å². The fraction of sp³-hybridized carbons (Fsp3) is 0.588. The number of nitrogens with zero attached hydrogens (tertiary/aromatic N) is 1. The third-order valence-corrected chi connectivity index (χ3v) is 6.62. The summed E-state index contributed by atoms with van der Waals surface area (Å²) in [7, 11) is -3.40. The van der Waals surface area contributed by atoms with Crippen molar-refractivity contribution in [3.63, 3.8) is 0 Å². The lowest BCUT2D eigenvalue weighted by Crippen LogP contribution is -2.40. The Morgan fingerprint density at radius 2 is 1.85 bits per heavy atom. The van der Waals surface area contributed by atoms with Crippen molar-refractivity contribution in [3.05, 3.63) is 35.4 Å². The fourth-order valence-electron chi connectivity index (χ4n) is 3.33. The molecule has 6 nitrogen and oxygen atoms in total. The fourth-order valence-corrected chi connectivity index (χ4v) is 5.00. The number of halogens is 3. The number of rotatable bonds is 6. The molecule has 1 unspecified atom stereocenters. The summed E-state index contributed by atoms with van der Waals surface area (Å²) in [6.45, 7) is 0.690. The molecule has 2 N–H and O–H groups in total. The number of sulfonamides is 1. The molecule has 2 aliphatic heterocycles. The topological polar surface area (TPSA) is 78.5 Å². The van der Waals surface area contributed by atoms with Gasteiger partial charge in [-0.15, -0.1) is 12.4 Å². The second-order valence-electron chi connectivity index (χ2n) is 6.84. The molecule has 0 spiro atoms. The molecule has 1 amide bonds. The minimum atomic E-state index is -3.40. The van der Waals surface area contributed by atoms with Crippen LogP contribution in [0.1, 0.15) is 30.4 Å². The quantitative estimate of drug-likeness (QED) is 0.729. The molecule has 0 saturated carbocycles. The molecular formula is C17H24ClF2N3O3S. The third kappa shape index (κ3) is 5.60. The highest BCUT2D eigenvalue weighted by molar-refractivity contribution is 7.88. The summed E-state index contributed by atoms with van der Waals surface area (Å²) in [4.78, 5) is 12.1. The number of nitrogens with one attached hydrogen (secondary N) is 2. The zero-order valence-corrected chi connectivity index (χ0v) is 16.4. The first-order valence-electron chi connectivity index (χ1n) is 8.70. The molecule has 10 heteroatoms. The largest absolute Gasteiger partial charge is 0.351 e. The summed E-state index contributed by atoms with van der Waals surface area (Å²) >= 11 is 0. The standard InChI is InChI=1S/C17H23F2N3O3S.ClH/c18-17(19)9-15(21-12-17)16(23)20-10-13-5-1-2-6-14(13)11-26(24,25)22-7-3-4-8-22;/h1-2,5-6,15,21H,3-4,7-12H2,(H,20,23);1H. The lowest BCUT2D eigenvalue weighted by Gasteiger charge is -2.18. The summed E-state index contributed by atoms with van der Waals surface area (Å²) in [5, 5.41) is 5.14.